The molecule has 7 heteroatoms. The van der Waals surface area contributed by atoms with Crippen molar-refractivity contribution >= 4 is 17.4 Å². The lowest BCUT2D eigenvalue weighted by molar-refractivity contribution is 0.0364. The average molecular weight is 355 g/mol. The summed E-state index contributed by atoms with van der Waals surface area (Å²) in [6.45, 7) is 11.5. The molecule has 1 aliphatic heterocycles. The molecule has 1 saturated heterocycles. The molecule has 0 aliphatic carbocycles. The molecule has 1 N–H and O–H groups in total. The molecule has 2 heterocycles. The average Bonchev–Trinajstić information content (AvgIpc) is 3.02. The van der Waals surface area contributed by atoms with Gasteiger partial charge in [0, 0.05) is 44.0 Å². The molecular formula is C17H30N4O2S. The maximum absolute atomic E-state index is 12.3. The van der Waals surface area contributed by atoms with Gasteiger partial charge in [0.25, 0.3) is 0 Å². The molecule has 1 unspecified atom stereocenters. The van der Waals surface area contributed by atoms with Crippen LogP contribution in [-0.4, -0.2) is 66.8 Å². The van der Waals surface area contributed by atoms with Crippen LogP contribution in [0.25, 0.3) is 0 Å². The Morgan fingerprint density at radius 1 is 1.42 bits per heavy atom. The second-order valence-corrected chi connectivity index (χ2v) is 7.67. The van der Waals surface area contributed by atoms with Crippen LogP contribution in [0.1, 0.15) is 43.8 Å². The van der Waals surface area contributed by atoms with Gasteiger partial charge in [-0.1, -0.05) is 13.8 Å². The lowest BCUT2D eigenvalue weighted by Crippen LogP contribution is -2.44. The second kappa shape index (κ2) is 9.34. The third-order valence-electron chi connectivity index (χ3n) is 4.16. The van der Waals surface area contributed by atoms with Crippen LogP contribution in [0.3, 0.4) is 0 Å². The third kappa shape index (κ3) is 6.03. The fourth-order valence-electron chi connectivity index (χ4n) is 2.57. The molecule has 1 aromatic rings. The van der Waals surface area contributed by atoms with Crippen molar-refractivity contribution in [1.82, 2.24) is 20.1 Å². The van der Waals surface area contributed by atoms with E-state index in [0.717, 1.165) is 50.0 Å². The Bertz CT molecular complexity index is 514. The van der Waals surface area contributed by atoms with E-state index >= 15 is 0 Å². The smallest absolute Gasteiger partial charge is 0.317 e. The Hall–Kier alpha value is -1.18. The topological polar surface area (TPSA) is 57.7 Å². The highest BCUT2D eigenvalue weighted by Gasteiger charge is 2.16. The van der Waals surface area contributed by atoms with Crippen LogP contribution >= 0.6 is 11.3 Å². The number of carbonyl (C=O) groups excluding carboxylic acids is 1. The second-order valence-electron chi connectivity index (χ2n) is 6.78. The molecule has 0 spiro atoms. The van der Waals surface area contributed by atoms with Crippen molar-refractivity contribution in [2.24, 2.45) is 0 Å². The minimum atomic E-state index is -0.0384. The van der Waals surface area contributed by atoms with Crippen LogP contribution < -0.4 is 5.32 Å². The van der Waals surface area contributed by atoms with Crippen molar-refractivity contribution in [2.45, 2.75) is 45.7 Å². The highest BCUT2D eigenvalue weighted by Crippen LogP contribution is 2.19. The summed E-state index contributed by atoms with van der Waals surface area (Å²) >= 11 is 1.66. The minimum Gasteiger partial charge on any atom is -0.379 e. The first kappa shape index (κ1) is 19.1. The van der Waals surface area contributed by atoms with Gasteiger partial charge in [-0.2, -0.15) is 0 Å². The largest absolute Gasteiger partial charge is 0.379 e. The van der Waals surface area contributed by atoms with E-state index in [2.05, 4.69) is 36.0 Å². The van der Waals surface area contributed by atoms with Gasteiger partial charge in [0.05, 0.1) is 30.5 Å². The van der Waals surface area contributed by atoms with E-state index in [-0.39, 0.29) is 12.1 Å². The van der Waals surface area contributed by atoms with E-state index in [1.54, 1.807) is 16.2 Å². The van der Waals surface area contributed by atoms with Crippen molar-refractivity contribution in [1.29, 1.82) is 0 Å². The molecule has 0 bridgehead atoms. The van der Waals surface area contributed by atoms with Crippen molar-refractivity contribution in [3.05, 3.63) is 16.1 Å². The number of ether oxygens (including phenoxy) is 1. The molecular weight excluding hydrogens is 324 g/mol. The highest BCUT2D eigenvalue weighted by molar-refractivity contribution is 7.09. The first-order valence-corrected chi connectivity index (χ1v) is 9.59. The lowest BCUT2D eigenvalue weighted by atomic mass is 10.2. The zero-order valence-electron chi connectivity index (χ0n) is 15.2. The van der Waals surface area contributed by atoms with E-state index in [0.29, 0.717) is 12.5 Å². The van der Waals surface area contributed by atoms with E-state index in [1.165, 1.54) is 0 Å². The number of morpholine rings is 1. The van der Waals surface area contributed by atoms with Gasteiger partial charge in [-0.05, 0) is 13.3 Å². The number of hydrogen-bond acceptors (Lipinski definition) is 5. The van der Waals surface area contributed by atoms with E-state index in [4.69, 9.17) is 4.74 Å². The third-order valence-corrected chi connectivity index (χ3v) is 5.36. The Kier molecular flexibility index (Phi) is 7.45. The highest BCUT2D eigenvalue weighted by atomic mass is 32.1. The normalized spacial score (nSPS) is 17.0. The molecule has 1 aromatic heterocycles. The molecule has 6 nitrogen and oxygen atoms in total. The van der Waals surface area contributed by atoms with Crippen LogP contribution in [0, 0.1) is 0 Å². The number of rotatable bonds is 7. The Morgan fingerprint density at radius 2 is 2.12 bits per heavy atom. The fraction of sp³-hybridized carbons (Fsp3) is 0.765. The number of thiazole rings is 1. The molecule has 136 valence electrons. The van der Waals surface area contributed by atoms with Gasteiger partial charge in [0.2, 0.25) is 0 Å². The molecule has 2 amide bonds. The fourth-order valence-corrected chi connectivity index (χ4v) is 3.40. The first-order valence-electron chi connectivity index (χ1n) is 8.71. The zero-order valence-corrected chi connectivity index (χ0v) is 16.1. The van der Waals surface area contributed by atoms with Crippen molar-refractivity contribution in [3.8, 4) is 0 Å². The number of amides is 2. The predicted octanol–water partition coefficient (Wildman–Crippen LogP) is 2.52. The molecule has 0 aromatic carbocycles. The summed E-state index contributed by atoms with van der Waals surface area (Å²) in [5.41, 5.74) is 0.960. The first-order chi connectivity index (χ1) is 11.5. The van der Waals surface area contributed by atoms with E-state index < -0.39 is 0 Å². The Labute approximate surface area is 149 Å². The van der Waals surface area contributed by atoms with Gasteiger partial charge in [-0.15, -0.1) is 11.3 Å². The molecule has 2 rings (SSSR count). The number of nitrogens with one attached hydrogen (secondary N) is 1. The van der Waals surface area contributed by atoms with Gasteiger partial charge in [-0.3, -0.25) is 4.90 Å². The van der Waals surface area contributed by atoms with Crippen LogP contribution in [0.5, 0.6) is 0 Å². The van der Waals surface area contributed by atoms with Gasteiger partial charge >= 0.3 is 6.03 Å². The van der Waals surface area contributed by atoms with Crippen LogP contribution in [0.2, 0.25) is 0 Å². The van der Waals surface area contributed by atoms with E-state index in [9.17, 15) is 4.79 Å². The van der Waals surface area contributed by atoms with Crippen LogP contribution in [-0.2, 0) is 11.3 Å². The van der Waals surface area contributed by atoms with Crippen molar-refractivity contribution in [2.75, 3.05) is 39.9 Å². The van der Waals surface area contributed by atoms with Crippen LogP contribution in [0.15, 0.2) is 5.38 Å². The number of nitrogens with zero attached hydrogens (tertiary/aromatic N) is 3. The molecule has 1 fully saturated rings. The summed E-state index contributed by atoms with van der Waals surface area (Å²) in [7, 11) is 1.82. The van der Waals surface area contributed by atoms with Gasteiger partial charge in [-0.25, -0.2) is 9.78 Å². The summed E-state index contributed by atoms with van der Waals surface area (Å²) in [4.78, 5) is 21.0. The Morgan fingerprint density at radius 3 is 2.75 bits per heavy atom. The van der Waals surface area contributed by atoms with E-state index in [1.807, 2.05) is 12.4 Å². The number of carbonyl (C=O) groups is 1. The zero-order chi connectivity index (χ0) is 17.5. The van der Waals surface area contributed by atoms with Gasteiger partial charge < -0.3 is 15.0 Å². The molecule has 0 saturated carbocycles. The SMILES string of the molecule is CC(CCN1CCOCC1)NC(=O)N(C)Cc1csc(C(C)C)n1. The Balaban J connectivity index is 1.71. The quantitative estimate of drug-likeness (QED) is 0.817. The number of urea groups is 1. The summed E-state index contributed by atoms with van der Waals surface area (Å²) in [5.74, 6) is 0.433. The lowest BCUT2D eigenvalue weighted by Gasteiger charge is -2.28. The maximum Gasteiger partial charge on any atom is 0.317 e. The molecule has 1 atom stereocenters. The predicted molar refractivity (Wildman–Crippen MR) is 97.5 cm³/mol. The molecule has 24 heavy (non-hydrogen) atoms. The summed E-state index contributed by atoms with van der Waals surface area (Å²) in [6.07, 6.45) is 0.952. The molecule has 0 radical (unpaired) electrons. The standard InChI is InChI=1S/C17H30N4O2S/c1-13(2)16-19-15(12-24-16)11-20(4)17(22)18-14(3)5-6-21-7-9-23-10-8-21/h12-14H,5-11H2,1-4H3,(H,18,22). The minimum absolute atomic E-state index is 0.0384. The van der Waals surface area contributed by atoms with Gasteiger partial charge in [0.15, 0.2) is 0 Å². The van der Waals surface area contributed by atoms with Crippen LogP contribution in [0.4, 0.5) is 4.79 Å². The number of hydrogen-bond donors (Lipinski definition) is 1. The summed E-state index contributed by atoms with van der Waals surface area (Å²) < 4.78 is 5.35. The number of aromatic nitrogens is 1. The van der Waals surface area contributed by atoms with Crippen molar-refractivity contribution < 1.29 is 9.53 Å². The summed E-state index contributed by atoms with van der Waals surface area (Å²) in [5, 5.41) is 6.24. The molecule has 1 aliphatic rings. The van der Waals surface area contributed by atoms with Crippen molar-refractivity contribution in [3.63, 3.8) is 0 Å². The monoisotopic (exact) mass is 354 g/mol. The summed E-state index contributed by atoms with van der Waals surface area (Å²) in [6, 6.07) is 0.119. The van der Waals surface area contributed by atoms with Gasteiger partial charge in [0.1, 0.15) is 0 Å². The maximum atomic E-state index is 12.3.